The van der Waals surface area contributed by atoms with Gasteiger partial charge in [0.1, 0.15) is 4.32 Å². The van der Waals surface area contributed by atoms with Gasteiger partial charge in [-0.15, -0.1) is 0 Å². The summed E-state index contributed by atoms with van der Waals surface area (Å²) in [5.74, 6) is -0.133. The SMILES string of the molecule is O=C1NC(=S)SC1Cc1cccc([N+](=O)[O-])c1. The van der Waals surface area contributed by atoms with E-state index in [-0.39, 0.29) is 16.8 Å². The predicted octanol–water partition coefficient (Wildman–Crippen LogP) is 1.65. The second kappa shape index (κ2) is 4.80. The Kier molecular flexibility index (Phi) is 3.39. The van der Waals surface area contributed by atoms with Gasteiger partial charge in [-0.1, -0.05) is 36.1 Å². The molecule has 1 aromatic carbocycles. The molecule has 0 aliphatic carbocycles. The number of thioether (sulfide) groups is 1. The van der Waals surface area contributed by atoms with Gasteiger partial charge in [0.15, 0.2) is 0 Å². The van der Waals surface area contributed by atoms with Crippen LogP contribution in [0.1, 0.15) is 5.56 Å². The van der Waals surface area contributed by atoms with E-state index >= 15 is 0 Å². The molecule has 1 fully saturated rings. The minimum atomic E-state index is -0.448. The molecule has 0 bridgehead atoms. The molecule has 1 aliphatic heterocycles. The Bertz CT molecular complexity index is 504. The largest absolute Gasteiger partial charge is 0.311 e. The number of nitrogens with one attached hydrogen (secondary N) is 1. The standard InChI is InChI=1S/C10H8N2O3S2/c13-9-8(17-10(16)11-9)5-6-2-1-3-7(4-6)12(14)15/h1-4,8H,5H2,(H,11,13,16). The van der Waals surface area contributed by atoms with Gasteiger partial charge in [-0.3, -0.25) is 14.9 Å². The zero-order chi connectivity index (χ0) is 12.4. The summed E-state index contributed by atoms with van der Waals surface area (Å²) in [6.45, 7) is 0. The smallest absolute Gasteiger partial charge is 0.269 e. The van der Waals surface area contributed by atoms with Gasteiger partial charge < -0.3 is 5.32 Å². The third kappa shape index (κ3) is 2.80. The van der Waals surface area contributed by atoms with E-state index in [0.717, 1.165) is 5.56 Å². The van der Waals surface area contributed by atoms with E-state index in [1.54, 1.807) is 12.1 Å². The zero-order valence-corrected chi connectivity index (χ0v) is 10.2. The lowest BCUT2D eigenvalue weighted by atomic mass is 10.1. The van der Waals surface area contributed by atoms with Gasteiger partial charge in [0.25, 0.3) is 5.69 Å². The summed E-state index contributed by atoms with van der Waals surface area (Å²) in [7, 11) is 0. The summed E-state index contributed by atoms with van der Waals surface area (Å²) < 4.78 is 0.463. The molecule has 7 heteroatoms. The molecule has 1 atom stereocenters. The molecular formula is C10H8N2O3S2. The number of non-ortho nitro benzene ring substituents is 1. The van der Waals surface area contributed by atoms with Crippen molar-refractivity contribution in [3.63, 3.8) is 0 Å². The van der Waals surface area contributed by atoms with Crippen molar-refractivity contribution in [3.8, 4) is 0 Å². The third-order valence-corrected chi connectivity index (χ3v) is 3.68. The van der Waals surface area contributed by atoms with Gasteiger partial charge >= 0.3 is 0 Å². The molecule has 2 rings (SSSR count). The molecule has 17 heavy (non-hydrogen) atoms. The van der Waals surface area contributed by atoms with Crippen LogP contribution in [-0.2, 0) is 11.2 Å². The Morgan fingerprint density at radius 3 is 2.88 bits per heavy atom. The van der Waals surface area contributed by atoms with E-state index in [1.165, 1.54) is 23.9 Å². The lowest BCUT2D eigenvalue weighted by Crippen LogP contribution is -2.25. The van der Waals surface area contributed by atoms with E-state index in [4.69, 9.17) is 12.2 Å². The number of nitro groups is 1. The number of carbonyl (C=O) groups is 1. The highest BCUT2D eigenvalue weighted by Crippen LogP contribution is 2.24. The number of carbonyl (C=O) groups excluding carboxylic acids is 1. The summed E-state index contributed by atoms with van der Waals surface area (Å²) in [5, 5.41) is 12.9. The van der Waals surface area contributed by atoms with Crippen LogP contribution in [0.2, 0.25) is 0 Å². The van der Waals surface area contributed by atoms with E-state index in [9.17, 15) is 14.9 Å². The van der Waals surface area contributed by atoms with Gasteiger partial charge in [0, 0.05) is 12.1 Å². The molecule has 1 saturated heterocycles. The molecule has 1 unspecified atom stereocenters. The number of hydrogen-bond acceptors (Lipinski definition) is 5. The van der Waals surface area contributed by atoms with Crippen molar-refractivity contribution in [2.75, 3.05) is 0 Å². The van der Waals surface area contributed by atoms with Crippen LogP contribution in [-0.4, -0.2) is 20.4 Å². The van der Waals surface area contributed by atoms with Crippen molar-refractivity contribution >= 4 is 39.9 Å². The van der Waals surface area contributed by atoms with Crippen molar-refractivity contribution < 1.29 is 9.72 Å². The van der Waals surface area contributed by atoms with Gasteiger partial charge in [0.2, 0.25) is 5.91 Å². The Hall–Kier alpha value is -1.47. The van der Waals surface area contributed by atoms with Crippen LogP contribution in [0, 0.1) is 10.1 Å². The Balaban J connectivity index is 2.13. The van der Waals surface area contributed by atoms with E-state index in [1.807, 2.05) is 0 Å². The van der Waals surface area contributed by atoms with Crippen LogP contribution in [0.3, 0.4) is 0 Å². The third-order valence-electron chi connectivity index (χ3n) is 2.31. The van der Waals surface area contributed by atoms with Crippen molar-refractivity contribution in [1.29, 1.82) is 0 Å². The number of nitrogens with zero attached hydrogens (tertiary/aromatic N) is 1. The number of benzene rings is 1. The molecule has 1 aliphatic rings. The first-order valence-electron chi connectivity index (χ1n) is 4.81. The quantitative estimate of drug-likeness (QED) is 0.512. The fourth-order valence-corrected chi connectivity index (χ4v) is 2.85. The molecule has 0 aromatic heterocycles. The predicted molar refractivity (Wildman–Crippen MR) is 68.9 cm³/mol. The molecule has 0 spiro atoms. The fourth-order valence-electron chi connectivity index (χ4n) is 1.54. The van der Waals surface area contributed by atoms with E-state index < -0.39 is 4.92 Å². The summed E-state index contributed by atoms with van der Waals surface area (Å²) >= 11 is 6.16. The Morgan fingerprint density at radius 1 is 1.53 bits per heavy atom. The maximum atomic E-state index is 11.5. The summed E-state index contributed by atoms with van der Waals surface area (Å²) in [4.78, 5) is 21.6. The molecule has 1 aromatic rings. The van der Waals surface area contributed by atoms with Gasteiger partial charge in [-0.25, -0.2) is 0 Å². The molecule has 5 nitrogen and oxygen atoms in total. The molecule has 0 saturated carbocycles. The minimum Gasteiger partial charge on any atom is -0.311 e. The Labute approximate surface area is 107 Å². The van der Waals surface area contributed by atoms with Crippen LogP contribution in [0.15, 0.2) is 24.3 Å². The van der Waals surface area contributed by atoms with Crippen LogP contribution < -0.4 is 5.32 Å². The number of hydrogen-bond donors (Lipinski definition) is 1. The molecule has 0 radical (unpaired) electrons. The highest BCUT2D eigenvalue weighted by Gasteiger charge is 2.29. The second-order valence-electron chi connectivity index (χ2n) is 3.51. The minimum absolute atomic E-state index is 0.0356. The average molecular weight is 268 g/mol. The van der Waals surface area contributed by atoms with Crippen LogP contribution in [0.4, 0.5) is 5.69 Å². The topological polar surface area (TPSA) is 72.2 Å². The fraction of sp³-hybridized carbons (Fsp3) is 0.200. The number of thiocarbonyl (C=S) groups is 1. The molecular weight excluding hydrogens is 260 g/mol. The van der Waals surface area contributed by atoms with E-state index in [2.05, 4.69) is 5.32 Å². The van der Waals surface area contributed by atoms with Gasteiger partial charge in [-0.2, -0.15) is 0 Å². The van der Waals surface area contributed by atoms with Crippen molar-refractivity contribution in [1.82, 2.24) is 5.32 Å². The lowest BCUT2D eigenvalue weighted by molar-refractivity contribution is -0.384. The van der Waals surface area contributed by atoms with Crippen LogP contribution >= 0.6 is 24.0 Å². The average Bonchev–Trinajstić information content (AvgIpc) is 2.58. The van der Waals surface area contributed by atoms with Crippen molar-refractivity contribution in [2.24, 2.45) is 0 Å². The second-order valence-corrected chi connectivity index (χ2v) is 5.39. The van der Waals surface area contributed by atoms with Crippen molar-refractivity contribution in [2.45, 2.75) is 11.7 Å². The number of rotatable bonds is 3. The highest BCUT2D eigenvalue weighted by atomic mass is 32.2. The summed E-state index contributed by atoms with van der Waals surface area (Å²) in [6, 6.07) is 6.29. The molecule has 1 amide bonds. The zero-order valence-electron chi connectivity index (χ0n) is 8.58. The Morgan fingerprint density at radius 2 is 2.29 bits per heavy atom. The first-order valence-corrected chi connectivity index (χ1v) is 6.10. The van der Waals surface area contributed by atoms with Crippen LogP contribution in [0.25, 0.3) is 0 Å². The summed E-state index contributed by atoms with van der Waals surface area (Å²) in [5.41, 5.74) is 0.796. The number of amides is 1. The first kappa shape index (κ1) is 12.0. The summed E-state index contributed by atoms with van der Waals surface area (Å²) in [6.07, 6.45) is 0.443. The first-order chi connectivity index (χ1) is 8.06. The molecule has 88 valence electrons. The maximum absolute atomic E-state index is 11.5. The normalized spacial score (nSPS) is 19.2. The van der Waals surface area contributed by atoms with Crippen molar-refractivity contribution in [3.05, 3.63) is 39.9 Å². The van der Waals surface area contributed by atoms with Gasteiger partial charge in [0.05, 0.1) is 10.2 Å². The lowest BCUT2D eigenvalue weighted by Gasteiger charge is -2.04. The maximum Gasteiger partial charge on any atom is 0.269 e. The molecule has 1 N–H and O–H groups in total. The molecule has 1 heterocycles. The van der Waals surface area contributed by atoms with Gasteiger partial charge in [-0.05, 0) is 12.0 Å². The van der Waals surface area contributed by atoms with E-state index in [0.29, 0.717) is 10.7 Å². The van der Waals surface area contributed by atoms with Crippen LogP contribution in [0.5, 0.6) is 0 Å². The number of nitro benzene ring substituents is 1. The monoisotopic (exact) mass is 268 g/mol. The highest BCUT2D eigenvalue weighted by molar-refractivity contribution is 8.24.